The first-order valence-corrected chi connectivity index (χ1v) is 6.91. The number of amides is 3. The van der Waals surface area contributed by atoms with Crippen LogP contribution in [0.2, 0.25) is 0 Å². The smallest absolute Gasteiger partial charge is 0.319 e. The van der Waals surface area contributed by atoms with Gasteiger partial charge in [0.15, 0.2) is 0 Å². The van der Waals surface area contributed by atoms with E-state index in [9.17, 15) is 9.59 Å². The average molecular weight is 277 g/mol. The van der Waals surface area contributed by atoms with E-state index in [1.165, 1.54) is 0 Å². The van der Waals surface area contributed by atoms with Crippen LogP contribution < -0.4 is 10.6 Å². The number of nitrogens with one attached hydrogen (secondary N) is 2. The molecular weight excluding hydrogens is 254 g/mol. The first-order chi connectivity index (χ1) is 9.54. The van der Waals surface area contributed by atoms with Gasteiger partial charge in [-0.3, -0.25) is 4.79 Å². The maximum absolute atomic E-state index is 11.7. The van der Waals surface area contributed by atoms with Crippen LogP contribution >= 0.6 is 0 Å². The molecule has 0 saturated heterocycles. The van der Waals surface area contributed by atoms with Gasteiger partial charge in [-0.2, -0.15) is 0 Å². The highest BCUT2D eigenvalue weighted by Crippen LogP contribution is 2.05. The van der Waals surface area contributed by atoms with Crippen LogP contribution in [-0.4, -0.2) is 36.0 Å². The van der Waals surface area contributed by atoms with Crippen LogP contribution in [0.5, 0.6) is 0 Å². The summed E-state index contributed by atoms with van der Waals surface area (Å²) in [5.41, 5.74) is 0.746. The number of anilines is 1. The van der Waals surface area contributed by atoms with Crippen molar-refractivity contribution in [1.82, 2.24) is 10.2 Å². The fraction of sp³-hybridized carbons (Fsp3) is 0.467. The van der Waals surface area contributed by atoms with E-state index >= 15 is 0 Å². The standard InChI is InChI=1S/C15H23N3O2/c1-4-12(2)18(13(3)19)11-10-16-15(20)17-14-8-6-5-7-9-14/h5-9,12H,4,10-11H2,1-3H3,(H2,16,17,20). The van der Waals surface area contributed by atoms with Gasteiger partial charge in [-0.1, -0.05) is 25.1 Å². The monoisotopic (exact) mass is 277 g/mol. The molecule has 1 atom stereocenters. The van der Waals surface area contributed by atoms with E-state index in [1.54, 1.807) is 11.8 Å². The summed E-state index contributed by atoms with van der Waals surface area (Å²) in [5, 5.41) is 5.49. The number of carbonyl (C=O) groups excluding carboxylic acids is 2. The third kappa shape index (κ3) is 5.30. The van der Waals surface area contributed by atoms with Crippen LogP contribution in [0.3, 0.4) is 0 Å². The van der Waals surface area contributed by atoms with Crippen LogP contribution in [0.25, 0.3) is 0 Å². The van der Waals surface area contributed by atoms with Gasteiger partial charge in [0.25, 0.3) is 0 Å². The predicted molar refractivity (Wildman–Crippen MR) is 80.6 cm³/mol. The predicted octanol–water partition coefficient (Wildman–Crippen LogP) is 2.46. The normalized spacial score (nSPS) is 11.6. The van der Waals surface area contributed by atoms with Crippen LogP contribution in [0.1, 0.15) is 27.2 Å². The fourth-order valence-electron chi connectivity index (χ4n) is 1.90. The first-order valence-electron chi connectivity index (χ1n) is 6.91. The van der Waals surface area contributed by atoms with Gasteiger partial charge in [-0.05, 0) is 25.5 Å². The van der Waals surface area contributed by atoms with E-state index in [0.717, 1.165) is 12.1 Å². The molecule has 0 aliphatic rings. The molecule has 0 spiro atoms. The van der Waals surface area contributed by atoms with E-state index < -0.39 is 0 Å². The Morgan fingerprint density at radius 3 is 2.45 bits per heavy atom. The summed E-state index contributed by atoms with van der Waals surface area (Å²) in [7, 11) is 0. The molecular formula is C15H23N3O2. The van der Waals surface area contributed by atoms with Crippen molar-refractivity contribution in [3.63, 3.8) is 0 Å². The van der Waals surface area contributed by atoms with E-state index in [1.807, 2.05) is 44.2 Å². The van der Waals surface area contributed by atoms with Crippen molar-refractivity contribution in [3.05, 3.63) is 30.3 Å². The van der Waals surface area contributed by atoms with Gasteiger partial charge < -0.3 is 15.5 Å². The van der Waals surface area contributed by atoms with Gasteiger partial charge in [0.1, 0.15) is 0 Å². The summed E-state index contributed by atoms with van der Waals surface area (Å²) in [6, 6.07) is 9.17. The van der Waals surface area contributed by atoms with Crippen molar-refractivity contribution in [1.29, 1.82) is 0 Å². The van der Waals surface area contributed by atoms with Crippen molar-refractivity contribution < 1.29 is 9.59 Å². The lowest BCUT2D eigenvalue weighted by Gasteiger charge is -2.27. The van der Waals surface area contributed by atoms with Gasteiger partial charge in [0.05, 0.1) is 0 Å². The molecule has 0 aliphatic carbocycles. The molecule has 1 aromatic rings. The molecule has 0 fully saturated rings. The highest BCUT2D eigenvalue weighted by atomic mass is 16.2. The van der Waals surface area contributed by atoms with Gasteiger partial charge in [-0.15, -0.1) is 0 Å². The van der Waals surface area contributed by atoms with Gasteiger partial charge in [0, 0.05) is 31.7 Å². The Balaban J connectivity index is 2.35. The molecule has 1 aromatic carbocycles. The highest BCUT2D eigenvalue weighted by molar-refractivity contribution is 5.89. The average Bonchev–Trinajstić information content (AvgIpc) is 2.43. The Morgan fingerprint density at radius 2 is 1.90 bits per heavy atom. The zero-order chi connectivity index (χ0) is 15.0. The molecule has 1 rings (SSSR count). The zero-order valence-corrected chi connectivity index (χ0v) is 12.3. The SMILES string of the molecule is CCC(C)N(CCNC(=O)Nc1ccccc1)C(C)=O. The van der Waals surface area contributed by atoms with Crippen LogP contribution in [-0.2, 0) is 4.79 Å². The molecule has 20 heavy (non-hydrogen) atoms. The maximum atomic E-state index is 11.7. The Labute approximate surface area is 120 Å². The van der Waals surface area contributed by atoms with E-state index in [4.69, 9.17) is 0 Å². The zero-order valence-electron chi connectivity index (χ0n) is 12.3. The second-order valence-corrected chi connectivity index (χ2v) is 4.72. The Hall–Kier alpha value is -2.04. The molecule has 0 bridgehead atoms. The molecule has 0 aromatic heterocycles. The third-order valence-electron chi connectivity index (χ3n) is 3.20. The van der Waals surface area contributed by atoms with Gasteiger partial charge >= 0.3 is 6.03 Å². The second kappa shape index (κ2) is 8.19. The molecule has 5 heteroatoms. The minimum Gasteiger partial charge on any atom is -0.338 e. The third-order valence-corrected chi connectivity index (χ3v) is 3.20. The number of para-hydroxylation sites is 1. The molecule has 1 unspecified atom stereocenters. The van der Waals surface area contributed by atoms with E-state index in [-0.39, 0.29) is 18.0 Å². The second-order valence-electron chi connectivity index (χ2n) is 4.72. The van der Waals surface area contributed by atoms with E-state index in [2.05, 4.69) is 10.6 Å². The Kier molecular flexibility index (Phi) is 6.56. The van der Waals surface area contributed by atoms with Crippen molar-refractivity contribution in [2.75, 3.05) is 18.4 Å². The minimum absolute atomic E-state index is 0.0321. The fourth-order valence-corrected chi connectivity index (χ4v) is 1.90. The number of nitrogens with zero attached hydrogens (tertiary/aromatic N) is 1. The van der Waals surface area contributed by atoms with Crippen molar-refractivity contribution >= 4 is 17.6 Å². The highest BCUT2D eigenvalue weighted by Gasteiger charge is 2.14. The summed E-state index contributed by atoms with van der Waals surface area (Å²) in [6.07, 6.45) is 0.899. The summed E-state index contributed by atoms with van der Waals surface area (Å²) in [4.78, 5) is 25.0. The number of benzene rings is 1. The lowest BCUT2D eigenvalue weighted by atomic mass is 10.2. The van der Waals surface area contributed by atoms with Gasteiger partial charge in [0.2, 0.25) is 5.91 Å². The quantitative estimate of drug-likeness (QED) is 0.839. The summed E-state index contributed by atoms with van der Waals surface area (Å²) in [5.74, 6) is 0.0321. The van der Waals surface area contributed by atoms with Crippen molar-refractivity contribution in [2.24, 2.45) is 0 Å². The van der Waals surface area contributed by atoms with Crippen LogP contribution in [0.4, 0.5) is 10.5 Å². The number of carbonyl (C=O) groups is 2. The topological polar surface area (TPSA) is 61.4 Å². The Bertz CT molecular complexity index is 434. The summed E-state index contributed by atoms with van der Waals surface area (Å²) < 4.78 is 0. The molecule has 0 radical (unpaired) electrons. The summed E-state index contributed by atoms with van der Waals surface area (Å²) in [6.45, 7) is 6.55. The van der Waals surface area contributed by atoms with Crippen molar-refractivity contribution in [3.8, 4) is 0 Å². The lowest BCUT2D eigenvalue weighted by Crippen LogP contribution is -2.43. The molecule has 3 amide bonds. The minimum atomic E-state index is -0.260. The maximum Gasteiger partial charge on any atom is 0.319 e. The molecule has 0 saturated carbocycles. The number of urea groups is 1. The molecule has 110 valence electrons. The number of hydrogen-bond donors (Lipinski definition) is 2. The first kappa shape index (κ1) is 16.0. The summed E-state index contributed by atoms with van der Waals surface area (Å²) >= 11 is 0. The largest absolute Gasteiger partial charge is 0.338 e. The van der Waals surface area contributed by atoms with E-state index in [0.29, 0.717) is 13.1 Å². The van der Waals surface area contributed by atoms with Crippen LogP contribution in [0, 0.1) is 0 Å². The Morgan fingerprint density at radius 1 is 1.25 bits per heavy atom. The van der Waals surface area contributed by atoms with Crippen molar-refractivity contribution in [2.45, 2.75) is 33.2 Å². The van der Waals surface area contributed by atoms with Gasteiger partial charge in [-0.25, -0.2) is 4.79 Å². The molecule has 0 heterocycles. The molecule has 2 N–H and O–H groups in total. The number of rotatable bonds is 6. The lowest BCUT2D eigenvalue weighted by molar-refractivity contribution is -0.130. The van der Waals surface area contributed by atoms with Crippen LogP contribution in [0.15, 0.2) is 30.3 Å². The number of hydrogen-bond acceptors (Lipinski definition) is 2. The molecule has 0 aliphatic heterocycles. The molecule has 5 nitrogen and oxygen atoms in total.